The number of carbonyl (C=O) groups is 1. The van der Waals surface area contributed by atoms with Crippen LogP contribution in [-0.4, -0.2) is 29.9 Å². The quantitative estimate of drug-likeness (QED) is 0.780. The number of likely N-dealkylation sites (tertiary alicyclic amines) is 1. The third kappa shape index (κ3) is 3.05. The Kier molecular flexibility index (Phi) is 4.82. The Labute approximate surface area is 113 Å². The van der Waals surface area contributed by atoms with Crippen molar-refractivity contribution in [3.8, 4) is 0 Å². The molecule has 0 spiro atoms. The summed E-state index contributed by atoms with van der Waals surface area (Å²) in [4.78, 5) is 13.7. The molecule has 1 amide bonds. The van der Waals surface area contributed by atoms with Crippen molar-refractivity contribution in [2.75, 3.05) is 13.1 Å². The van der Waals surface area contributed by atoms with Crippen LogP contribution in [0.2, 0.25) is 0 Å². The Balaban J connectivity index is 0.00000112. The van der Waals surface area contributed by atoms with Crippen molar-refractivity contribution < 1.29 is 4.79 Å². The van der Waals surface area contributed by atoms with Gasteiger partial charge in [0.1, 0.15) is 0 Å². The fourth-order valence-electron chi connectivity index (χ4n) is 1.58. The Morgan fingerprint density at radius 2 is 2.40 bits per heavy atom. The maximum Gasteiger partial charge on any atom is 0.254 e. The molecular weight excluding hydrogens is 347 g/mol. The summed E-state index contributed by atoms with van der Waals surface area (Å²) in [5.41, 5.74) is 6.55. The van der Waals surface area contributed by atoms with Gasteiger partial charge in [0.2, 0.25) is 0 Å². The van der Waals surface area contributed by atoms with Gasteiger partial charge in [0.05, 0.1) is 8.45 Å². The van der Waals surface area contributed by atoms with Crippen LogP contribution in [0.4, 0.5) is 0 Å². The third-order valence-corrected chi connectivity index (χ3v) is 4.12. The molecule has 0 aromatic carbocycles. The zero-order chi connectivity index (χ0) is 10.1. The van der Waals surface area contributed by atoms with Gasteiger partial charge in [-0.2, -0.15) is 0 Å². The molecule has 0 aliphatic carbocycles. The third-order valence-electron chi connectivity index (χ3n) is 2.33. The zero-order valence-corrected chi connectivity index (χ0v) is 11.8. The summed E-state index contributed by atoms with van der Waals surface area (Å²) in [6.07, 6.45) is 0.924. The number of thiophene rings is 1. The lowest BCUT2D eigenvalue weighted by molar-refractivity contribution is 0.0791. The fraction of sp³-hybridized carbons (Fsp3) is 0.444. The van der Waals surface area contributed by atoms with E-state index in [1.54, 1.807) is 11.3 Å². The molecule has 1 aliphatic heterocycles. The molecule has 6 heteroatoms. The Morgan fingerprint density at radius 3 is 2.87 bits per heavy atom. The topological polar surface area (TPSA) is 46.3 Å². The highest BCUT2D eigenvalue weighted by Gasteiger charge is 2.24. The van der Waals surface area contributed by atoms with Crippen LogP contribution in [0, 0.1) is 2.88 Å². The number of amides is 1. The molecule has 0 bridgehead atoms. The van der Waals surface area contributed by atoms with E-state index in [1.807, 2.05) is 16.3 Å². The maximum atomic E-state index is 11.9. The van der Waals surface area contributed by atoms with E-state index >= 15 is 0 Å². The molecule has 1 aromatic rings. The van der Waals surface area contributed by atoms with E-state index in [1.165, 1.54) is 0 Å². The highest BCUT2D eigenvalue weighted by molar-refractivity contribution is 14.1. The first-order valence-corrected chi connectivity index (χ1v) is 6.41. The van der Waals surface area contributed by atoms with E-state index in [2.05, 4.69) is 22.6 Å². The van der Waals surface area contributed by atoms with Crippen molar-refractivity contribution in [2.45, 2.75) is 12.5 Å². The lowest BCUT2D eigenvalue weighted by atomic mass is 10.3. The van der Waals surface area contributed by atoms with Gasteiger partial charge in [0.15, 0.2) is 0 Å². The van der Waals surface area contributed by atoms with Gasteiger partial charge in [0, 0.05) is 24.5 Å². The number of hydrogen-bond donors (Lipinski definition) is 1. The summed E-state index contributed by atoms with van der Waals surface area (Å²) in [6, 6.07) is 2.09. The van der Waals surface area contributed by atoms with Crippen LogP contribution >= 0.6 is 46.3 Å². The van der Waals surface area contributed by atoms with Crippen LogP contribution in [0.15, 0.2) is 11.4 Å². The summed E-state index contributed by atoms with van der Waals surface area (Å²) in [5.74, 6) is 0.122. The molecular formula is C9H12ClIN2OS. The molecule has 2 heterocycles. The summed E-state index contributed by atoms with van der Waals surface area (Å²) in [6.45, 7) is 1.50. The van der Waals surface area contributed by atoms with Crippen LogP contribution in [0.5, 0.6) is 0 Å². The van der Waals surface area contributed by atoms with Crippen molar-refractivity contribution in [3.05, 3.63) is 19.9 Å². The van der Waals surface area contributed by atoms with Crippen molar-refractivity contribution >= 4 is 52.2 Å². The van der Waals surface area contributed by atoms with E-state index in [4.69, 9.17) is 5.73 Å². The van der Waals surface area contributed by atoms with Crippen molar-refractivity contribution in [2.24, 2.45) is 5.73 Å². The van der Waals surface area contributed by atoms with E-state index in [0.29, 0.717) is 6.54 Å². The Morgan fingerprint density at radius 1 is 1.67 bits per heavy atom. The minimum absolute atomic E-state index is 0. The number of halogens is 2. The normalized spacial score (nSPS) is 20.1. The van der Waals surface area contributed by atoms with E-state index in [9.17, 15) is 4.79 Å². The van der Waals surface area contributed by atoms with Gasteiger partial charge in [-0.1, -0.05) is 0 Å². The molecule has 2 N–H and O–H groups in total. The number of hydrogen-bond acceptors (Lipinski definition) is 3. The zero-order valence-electron chi connectivity index (χ0n) is 7.98. The Bertz CT molecular complexity index is 358. The van der Waals surface area contributed by atoms with Gasteiger partial charge in [0.25, 0.3) is 5.91 Å². The van der Waals surface area contributed by atoms with E-state index in [0.717, 1.165) is 21.4 Å². The molecule has 15 heavy (non-hydrogen) atoms. The average Bonchev–Trinajstić information content (AvgIpc) is 2.73. The fourth-order valence-corrected chi connectivity index (χ4v) is 2.90. The highest BCUT2D eigenvalue weighted by Crippen LogP contribution is 2.19. The van der Waals surface area contributed by atoms with Gasteiger partial charge in [-0.25, -0.2) is 0 Å². The van der Waals surface area contributed by atoms with Gasteiger partial charge in [-0.15, -0.1) is 23.7 Å². The van der Waals surface area contributed by atoms with Crippen molar-refractivity contribution in [3.63, 3.8) is 0 Å². The second-order valence-corrected chi connectivity index (χ2v) is 6.24. The van der Waals surface area contributed by atoms with Crippen molar-refractivity contribution in [1.29, 1.82) is 0 Å². The summed E-state index contributed by atoms with van der Waals surface area (Å²) in [7, 11) is 0. The molecule has 0 radical (unpaired) electrons. The predicted octanol–water partition coefficient (Wildman–Crippen LogP) is 1.95. The molecule has 3 nitrogen and oxygen atoms in total. The van der Waals surface area contributed by atoms with E-state index in [-0.39, 0.29) is 24.4 Å². The number of nitrogens with zero attached hydrogens (tertiary/aromatic N) is 1. The second kappa shape index (κ2) is 5.47. The standard InChI is InChI=1S/C9H11IN2OS.ClH/c10-8-3-6(5-14-8)9(13)12-2-1-7(11)4-12;/h3,5,7H,1-2,4,11H2;1H. The summed E-state index contributed by atoms with van der Waals surface area (Å²) in [5, 5.41) is 1.91. The molecule has 2 rings (SSSR count). The molecule has 1 aliphatic rings. The maximum absolute atomic E-state index is 11.9. The number of carbonyl (C=O) groups excluding carboxylic acids is 1. The molecule has 0 saturated carbocycles. The Hall–Kier alpha value is 0.150. The van der Waals surface area contributed by atoms with Crippen molar-refractivity contribution in [1.82, 2.24) is 4.90 Å². The predicted molar refractivity (Wildman–Crippen MR) is 72.8 cm³/mol. The lowest BCUT2D eigenvalue weighted by Crippen LogP contribution is -2.31. The van der Waals surface area contributed by atoms with Gasteiger partial charge in [-0.3, -0.25) is 4.79 Å². The van der Waals surface area contributed by atoms with Gasteiger partial charge < -0.3 is 10.6 Å². The highest BCUT2D eigenvalue weighted by atomic mass is 127. The van der Waals surface area contributed by atoms with Gasteiger partial charge in [-0.05, 0) is 35.1 Å². The molecule has 84 valence electrons. The van der Waals surface area contributed by atoms with Gasteiger partial charge >= 0.3 is 0 Å². The first-order valence-electron chi connectivity index (χ1n) is 4.45. The monoisotopic (exact) mass is 358 g/mol. The average molecular weight is 359 g/mol. The van der Waals surface area contributed by atoms with Crippen LogP contribution in [-0.2, 0) is 0 Å². The van der Waals surface area contributed by atoms with Crippen LogP contribution in [0.25, 0.3) is 0 Å². The number of rotatable bonds is 1. The molecule has 1 atom stereocenters. The SMILES string of the molecule is Cl.NC1CCN(C(=O)c2csc(I)c2)C1. The second-order valence-electron chi connectivity index (χ2n) is 3.44. The first-order chi connectivity index (χ1) is 6.66. The van der Waals surface area contributed by atoms with Crippen LogP contribution in [0.1, 0.15) is 16.8 Å². The molecule has 1 aromatic heterocycles. The lowest BCUT2D eigenvalue weighted by Gasteiger charge is -2.14. The minimum atomic E-state index is 0. The summed E-state index contributed by atoms with van der Waals surface area (Å²) >= 11 is 3.82. The molecule has 1 fully saturated rings. The number of nitrogens with two attached hydrogens (primary N) is 1. The summed E-state index contributed by atoms with van der Waals surface area (Å²) < 4.78 is 1.15. The largest absolute Gasteiger partial charge is 0.337 e. The minimum Gasteiger partial charge on any atom is -0.337 e. The first kappa shape index (κ1) is 13.2. The van der Waals surface area contributed by atoms with Crippen LogP contribution in [0.3, 0.4) is 0 Å². The van der Waals surface area contributed by atoms with E-state index < -0.39 is 0 Å². The smallest absolute Gasteiger partial charge is 0.254 e. The molecule has 1 saturated heterocycles. The van der Waals surface area contributed by atoms with Crippen LogP contribution < -0.4 is 5.73 Å². The molecule has 1 unspecified atom stereocenters.